The summed E-state index contributed by atoms with van der Waals surface area (Å²) in [6.45, 7) is 0. The highest BCUT2D eigenvalue weighted by Gasteiger charge is 2.17. The summed E-state index contributed by atoms with van der Waals surface area (Å²) in [5, 5.41) is 5.05. The molecule has 0 N–H and O–H groups in total. The lowest BCUT2D eigenvalue weighted by Crippen LogP contribution is -1.94. The van der Waals surface area contributed by atoms with Crippen molar-refractivity contribution in [1.82, 2.24) is 9.55 Å². The van der Waals surface area contributed by atoms with Crippen molar-refractivity contribution in [1.29, 1.82) is 0 Å². The summed E-state index contributed by atoms with van der Waals surface area (Å²) in [7, 11) is 0. The number of fused-ring (bicyclic) bond motifs is 6. The topological polar surface area (TPSA) is 17.8 Å². The third-order valence-corrected chi connectivity index (χ3v) is 11.0. The zero-order valence-corrected chi connectivity index (χ0v) is 27.9. The molecule has 3 heteroatoms. The van der Waals surface area contributed by atoms with Crippen LogP contribution in [0.1, 0.15) is 0 Å². The lowest BCUT2D eigenvalue weighted by atomic mass is 9.97. The van der Waals surface area contributed by atoms with Crippen molar-refractivity contribution in [2.24, 2.45) is 0 Å². The van der Waals surface area contributed by atoms with Gasteiger partial charge in [0.2, 0.25) is 0 Å². The predicted octanol–water partition coefficient (Wildman–Crippen LogP) is 13.2. The predicted molar refractivity (Wildman–Crippen MR) is 213 cm³/mol. The molecule has 2 nitrogen and oxygen atoms in total. The smallest absolute Gasteiger partial charge is 0.0730 e. The van der Waals surface area contributed by atoms with E-state index in [0.717, 1.165) is 39.3 Å². The van der Waals surface area contributed by atoms with Crippen molar-refractivity contribution in [3.05, 3.63) is 182 Å². The van der Waals surface area contributed by atoms with Crippen molar-refractivity contribution in [3.63, 3.8) is 0 Å². The van der Waals surface area contributed by atoms with E-state index >= 15 is 0 Å². The summed E-state index contributed by atoms with van der Waals surface area (Å²) in [4.78, 5) is 5.45. The van der Waals surface area contributed by atoms with Crippen molar-refractivity contribution in [2.75, 3.05) is 0 Å². The van der Waals surface area contributed by atoms with Crippen molar-refractivity contribution in [2.45, 2.75) is 0 Å². The zero-order valence-electron chi connectivity index (χ0n) is 27.1. The molecule has 50 heavy (non-hydrogen) atoms. The first-order valence-electron chi connectivity index (χ1n) is 17.0. The molecule has 0 atom stereocenters. The molecule has 0 fully saturated rings. The van der Waals surface area contributed by atoms with E-state index in [2.05, 4.69) is 187 Å². The molecule has 0 aliphatic rings. The molecule has 234 valence electrons. The Balaban J connectivity index is 1.20. The van der Waals surface area contributed by atoms with Gasteiger partial charge in [0, 0.05) is 47.8 Å². The fraction of sp³-hybridized carbons (Fsp3) is 0. The number of pyridine rings is 1. The summed E-state index contributed by atoms with van der Waals surface area (Å²) in [5.74, 6) is 0. The second-order valence-corrected chi connectivity index (χ2v) is 13.8. The largest absolute Gasteiger partial charge is 0.309 e. The number of benzene rings is 7. The maximum Gasteiger partial charge on any atom is 0.0730 e. The molecule has 10 aromatic rings. The Morgan fingerprint density at radius 1 is 0.380 bits per heavy atom. The van der Waals surface area contributed by atoms with Crippen LogP contribution in [0.5, 0.6) is 0 Å². The van der Waals surface area contributed by atoms with Gasteiger partial charge in [0.05, 0.1) is 22.4 Å². The highest BCUT2D eigenvalue weighted by atomic mass is 32.1. The van der Waals surface area contributed by atoms with Gasteiger partial charge < -0.3 is 4.57 Å². The lowest BCUT2D eigenvalue weighted by Gasteiger charge is -2.13. The van der Waals surface area contributed by atoms with E-state index in [1.54, 1.807) is 0 Å². The minimum atomic E-state index is 0.953. The minimum Gasteiger partial charge on any atom is -0.309 e. The molecular weight excluding hydrogens is 625 g/mol. The van der Waals surface area contributed by atoms with Gasteiger partial charge in [0.15, 0.2) is 0 Å². The SMILES string of the molecule is c1ccc(-c2ccc(-c3cc(-c4ccc5c6ccccc6n(-c6ccccc6)c5c4)nc(-c4cccc5c4sc4ccccc45)c3)cc2)cc1. The molecular formula is C47H30N2S. The zero-order chi connectivity index (χ0) is 33.0. The van der Waals surface area contributed by atoms with Crippen LogP contribution in [-0.2, 0) is 0 Å². The quantitative estimate of drug-likeness (QED) is 0.181. The molecule has 10 rings (SSSR count). The molecule has 3 heterocycles. The Hall–Kier alpha value is -6.29. The Kier molecular flexibility index (Phi) is 6.71. The Bertz CT molecular complexity index is 2850. The van der Waals surface area contributed by atoms with E-state index in [1.165, 1.54) is 53.1 Å². The standard InChI is InChI=1S/C47H30N2S/c1-3-12-31(13-4-1)32-22-24-33(25-23-32)35-28-42(48-43(29-35)41-19-11-18-40-39-17-8-10-21-46(39)50-47(40)41)34-26-27-38-37-16-7-9-20-44(37)49(45(38)30-34)36-14-5-2-6-15-36/h1-30H. The molecule has 0 saturated heterocycles. The molecule has 3 aromatic heterocycles. The van der Waals surface area contributed by atoms with Crippen molar-refractivity contribution in [3.8, 4) is 50.5 Å². The van der Waals surface area contributed by atoms with Gasteiger partial charge in [-0.2, -0.15) is 0 Å². The lowest BCUT2D eigenvalue weighted by molar-refractivity contribution is 1.18. The molecule has 0 aliphatic heterocycles. The van der Waals surface area contributed by atoms with Crippen molar-refractivity contribution < 1.29 is 0 Å². The summed E-state index contributed by atoms with van der Waals surface area (Å²) < 4.78 is 4.93. The van der Waals surface area contributed by atoms with Crippen LogP contribution in [0.4, 0.5) is 0 Å². The van der Waals surface area contributed by atoms with Crippen LogP contribution in [0.2, 0.25) is 0 Å². The van der Waals surface area contributed by atoms with E-state index in [1.807, 2.05) is 11.3 Å². The third-order valence-electron chi connectivity index (χ3n) is 9.81. The van der Waals surface area contributed by atoms with Gasteiger partial charge in [-0.3, -0.25) is 0 Å². The number of nitrogens with zero attached hydrogens (tertiary/aromatic N) is 2. The van der Waals surface area contributed by atoms with E-state index in [9.17, 15) is 0 Å². The number of hydrogen-bond acceptors (Lipinski definition) is 2. The van der Waals surface area contributed by atoms with Gasteiger partial charge in [-0.25, -0.2) is 4.98 Å². The van der Waals surface area contributed by atoms with Crippen LogP contribution < -0.4 is 0 Å². The molecule has 0 radical (unpaired) electrons. The molecule has 0 spiro atoms. The highest BCUT2D eigenvalue weighted by Crippen LogP contribution is 2.42. The van der Waals surface area contributed by atoms with E-state index in [-0.39, 0.29) is 0 Å². The molecule has 7 aromatic carbocycles. The molecule has 0 saturated carbocycles. The van der Waals surface area contributed by atoms with Crippen LogP contribution in [0.15, 0.2) is 182 Å². The number of aromatic nitrogens is 2. The summed E-state index contributed by atoms with van der Waals surface area (Å²) >= 11 is 1.85. The van der Waals surface area contributed by atoms with Gasteiger partial charge in [-0.15, -0.1) is 11.3 Å². The molecule has 0 bridgehead atoms. The maximum atomic E-state index is 5.45. The molecule has 0 aliphatic carbocycles. The second kappa shape index (κ2) is 11.7. The fourth-order valence-electron chi connectivity index (χ4n) is 7.40. The number of hydrogen-bond donors (Lipinski definition) is 0. The summed E-state index contributed by atoms with van der Waals surface area (Å²) in [6.07, 6.45) is 0. The molecule has 0 unspecified atom stereocenters. The third kappa shape index (κ3) is 4.74. The van der Waals surface area contributed by atoms with Gasteiger partial charge in [0.25, 0.3) is 0 Å². The first-order chi connectivity index (χ1) is 24.8. The van der Waals surface area contributed by atoms with Gasteiger partial charge in [-0.05, 0) is 64.7 Å². The second-order valence-electron chi connectivity index (χ2n) is 12.8. The van der Waals surface area contributed by atoms with Crippen molar-refractivity contribution >= 4 is 53.3 Å². The summed E-state index contributed by atoms with van der Waals surface area (Å²) in [5.41, 5.74) is 12.4. The first-order valence-corrected chi connectivity index (χ1v) is 17.8. The Morgan fingerprint density at radius 3 is 1.80 bits per heavy atom. The monoisotopic (exact) mass is 654 g/mol. The Morgan fingerprint density at radius 2 is 0.980 bits per heavy atom. The highest BCUT2D eigenvalue weighted by molar-refractivity contribution is 7.26. The summed E-state index contributed by atoms with van der Waals surface area (Å²) in [6, 6.07) is 65.5. The van der Waals surface area contributed by atoms with Crippen LogP contribution >= 0.6 is 11.3 Å². The maximum absolute atomic E-state index is 5.45. The van der Waals surface area contributed by atoms with Gasteiger partial charge in [0.1, 0.15) is 0 Å². The van der Waals surface area contributed by atoms with Crippen LogP contribution in [0, 0.1) is 0 Å². The number of thiophene rings is 1. The van der Waals surface area contributed by atoms with Gasteiger partial charge in [-0.1, -0.05) is 140 Å². The average Bonchev–Trinajstić information content (AvgIpc) is 3.74. The number of rotatable bonds is 5. The normalized spacial score (nSPS) is 11.6. The van der Waals surface area contributed by atoms with Crippen LogP contribution in [0.25, 0.3) is 92.4 Å². The fourth-order valence-corrected chi connectivity index (χ4v) is 8.63. The van der Waals surface area contributed by atoms with E-state index < -0.39 is 0 Å². The average molecular weight is 655 g/mol. The first kappa shape index (κ1) is 28.7. The number of para-hydroxylation sites is 2. The Labute approximate surface area is 294 Å². The van der Waals surface area contributed by atoms with Gasteiger partial charge >= 0.3 is 0 Å². The molecule has 0 amide bonds. The van der Waals surface area contributed by atoms with Crippen LogP contribution in [0.3, 0.4) is 0 Å². The van der Waals surface area contributed by atoms with Crippen LogP contribution in [-0.4, -0.2) is 9.55 Å². The van der Waals surface area contributed by atoms with E-state index in [4.69, 9.17) is 4.98 Å². The van der Waals surface area contributed by atoms with E-state index in [0.29, 0.717) is 0 Å². The minimum absolute atomic E-state index is 0.953.